The number of fused-ring (bicyclic) bond motifs is 1. The number of nitrogens with one attached hydrogen (secondary N) is 1. The van der Waals surface area contributed by atoms with E-state index in [1.165, 1.54) is 45.2 Å². The molecule has 0 aromatic heterocycles. The molecule has 3 aliphatic rings. The Morgan fingerprint density at radius 3 is 2.79 bits per heavy atom. The van der Waals surface area contributed by atoms with Crippen molar-refractivity contribution in [3.63, 3.8) is 0 Å². The van der Waals surface area contributed by atoms with Gasteiger partial charge in [0.25, 0.3) is 0 Å². The normalized spacial score (nSPS) is 41.8. The van der Waals surface area contributed by atoms with E-state index >= 15 is 0 Å². The molecule has 3 heteroatoms. The van der Waals surface area contributed by atoms with Gasteiger partial charge in [0.15, 0.2) is 0 Å². The average Bonchev–Trinajstić information content (AvgIpc) is 2.81. The fourth-order valence-electron chi connectivity index (χ4n) is 4.35. The van der Waals surface area contributed by atoms with E-state index in [9.17, 15) is 0 Å². The zero-order valence-corrected chi connectivity index (χ0v) is 12.8. The first kappa shape index (κ1) is 13.8. The van der Waals surface area contributed by atoms with Gasteiger partial charge in [0.1, 0.15) is 0 Å². The van der Waals surface area contributed by atoms with Gasteiger partial charge in [0.2, 0.25) is 0 Å². The lowest BCUT2D eigenvalue weighted by Crippen LogP contribution is -2.64. The van der Waals surface area contributed by atoms with Gasteiger partial charge in [-0.05, 0) is 39.2 Å². The van der Waals surface area contributed by atoms with Gasteiger partial charge in [-0.25, -0.2) is 0 Å². The molecule has 1 N–H and O–H groups in total. The van der Waals surface area contributed by atoms with Crippen LogP contribution in [0.2, 0.25) is 0 Å². The highest BCUT2D eigenvalue weighted by atomic mass is 16.5. The molecular weight excluding hydrogens is 236 g/mol. The van der Waals surface area contributed by atoms with E-state index in [0.29, 0.717) is 17.6 Å². The molecule has 1 aliphatic carbocycles. The smallest absolute Gasteiger partial charge is 0.0655 e. The van der Waals surface area contributed by atoms with Crippen molar-refractivity contribution in [1.29, 1.82) is 0 Å². The third-order valence-corrected chi connectivity index (χ3v) is 5.82. The lowest BCUT2D eigenvalue weighted by Gasteiger charge is -2.53. The minimum absolute atomic E-state index is 0.304. The first-order chi connectivity index (χ1) is 9.13. The van der Waals surface area contributed by atoms with E-state index in [1.807, 2.05) is 0 Å². The van der Waals surface area contributed by atoms with Crippen LogP contribution in [0.5, 0.6) is 0 Å². The highest BCUT2D eigenvalue weighted by Crippen LogP contribution is 2.43. The van der Waals surface area contributed by atoms with E-state index in [0.717, 1.165) is 18.7 Å². The van der Waals surface area contributed by atoms with Crippen molar-refractivity contribution in [3.8, 4) is 0 Å². The zero-order chi connectivity index (χ0) is 13.5. The first-order valence-electron chi connectivity index (χ1n) is 8.24. The molecule has 3 nitrogen and oxygen atoms in total. The topological polar surface area (TPSA) is 24.5 Å². The maximum absolute atomic E-state index is 5.84. The van der Waals surface area contributed by atoms with Gasteiger partial charge in [0, 0.05) is 36.7 Å². The number of nitrogens with zero attached hydrogens (tertiary/aromatic N) is 1. The van der Waals surface area contributed by atoms with Crippen LogP contribution >= 0.6 is 0 Å². The van der Waals surface area contributed by atoms with E-state index in [1.54, 1.807) is 0 Å². The summed E-state index contributed by atoms with van der Waals surface area (Å²) in [5, 5.41) is 3.97. The van der Waals surface area contributed by atoms with Crippen LogP contribution in [0.15, 0.2) is 0 Å². The van der Waals surface area contributed by atoms with Gasteiger partial charge >= 0.3 is 0 Å². The summed E-state index contributed by atoms with van der Waals surface area (Å²) in [5.74, 6) is 0. The van der Waals surface area contributed by atoms with Crippen LogP contribution in [-0.4, -0.2) is 48.8 Å². The Hall–Kier alpha value is -0.120. The van der Waals surface area contributed by atoms with Crippen molar-refractivity contribution >= 4 is 0 Å². The Balaban J connectivity index is 1.55. The second-order valence-electron chi connectivity index (χ2n) is 7.21. The minimum Gasteiger partial charge on any atom is -0.378 e. The van der Waals surface area contributed by atoms with Gasteiger partial charge in [-0.3, -0.25) is 4.90 Å². The molecule has 19 heavy (non-hydrogen) atoms. The van der Waals surface area contributed by atoms with Gasteiger partial charge in [-0.15, -0.1) is 0 Å². The minimum atomic E-state index is 0.304. The van der Waals surface area contributed by atoms with Gasteiger partial charge in [-0.1, -0.05) is 20.3 Å². The van der Waals surface area contributed by atoms with Crippen molar-refractivity contribution in [2.45, 2.75) is 77.1 Å². The molecule has 0 amide bonds. The molecule has 110 valence electrons. The summed E-state index contributed by atoms with van der Waals surface area (Å²) in [6, 6.07) is 2.19. The summed E-state index contributed by atoms with van der Waals surface area (Å²) in [4.78, 5) is 2.72. The molecule has 0 aromatic rings. The third-order valence-electron chi connectivity index (χ3n) is 5.82. The SMILES string of the molecule is CCOC1CC(NC2CCN3CCCCC23)C1(C)C. The summed E-state index contributed by atoms with van der Waals surface area (Å²) in [6.45, 7) is 10.3. The standard InChI is InChI=1S/C16H30N2O/c1-4-19-15-11-14(16(15,2)3)17-12-8-10-18-9-6-5-7-13(12)18/h12-15,17H,4-11H2,1-3H3. The summed E-state index contributed by atoms with van der Waals surface area (Å²) < 4.78 is 5.84. The van der Waals surface area contributed by atoms with E-state index in [2.05, 4.69) is 31.0 Å². The molecule has 1 saturated carbocycles. The van der Waals surface area contributed by atoms with Crippen molar-refractivity contribution in [3.05, 3.63) is 0 Å². The second kappa shape index (κ2) is 5.34. The van der Waals surface area contributed by atoms with E-state index < -0.39 is 0 Å². The summed E-state index contributed by atoms with van der Waals surface area (Å²) in [7, 11) is 0. The fraction of sp³-hybridized carbons (Fsp3) is 1.00. The summed E-state index contributed by atoms with van der Waals surface area (Å²) in [5.41, 5.74) is 0.304. The molecule has 0 bridgehead atoms. The van der Waals surface area contributed by atoms with Gasteiger partial charge < -0.3 is 10.1 Å². The molecule has 4 atom stereocenters. The van der Waals surface area contributed by atoms with E-state index in [4.69, 9.17) is 4.74 Å². The maximum atomic E-state index is 5.84. The molecule has 2 heterocycles. The Kier molecular flexibility index (Phi) is 3.89. The lowest BCUT2D eigenvalue weighted by atomic mass is 9.64. The highest BCUT2D eigenvalue weighted by Gasteiger charge is 2.50. The van der Waals surface area contributed by atoms with E-state index in [-0.39, 0.29) is 0 Å². The number of hydrogen-bond acceptors (Lipinski definition) is 3. The van der Waals surface area contributed by atoms with Crippen LogP contribution in [0.1, 0.15) is 52.9 Å². The van der Waals surface area contributed by atoms with Gasteiger partial charge in [0.05, 0.1) is 6.10 Å². The maximum Gasteiger partial charge on any atom is 0.0655 e. The summed E-state index contributed by atoms with van der Waals surface area (Å²) in [6.07, 6.45) is 7.23. The number of hydrogen-bond donors (Lipinski definition) is 1. The zero-order valence-electron chi connectivity index (χ0n) is 12.8. The molecule has 3 rings (SSSR count). The third kappa shape index (κ3) is 2.45. The molecule has 4 unspecified atom stereocenters. The van der Waals surface area contributed by atoms with Crippen molar-refractivity contribution < 1.29 is 4.74 Å². The molecule has 2 saturated heterocycles. The predicted molar refractivity (Wildman–Crippen MR) is 78.4 cm³/mol. The Morgan fingerprint density at radius 2 is 2.05 bits per heavy atom. The van der Waals surface area contributed by atoms with Crippen molar-refractivity contribution in [2.75, 3.05) is 19.7 Å². The predicted octanol–water partition coefficient (Wildman–Crippen LogP) is 2.41. The molecular formula is C16H30N2O. The molecule has 0 radical (unpaired) electrons. The van der Waals surface area contributed by atoms with Crippen molar-refractivity contribution in [2.24, 2.45) is 5.41 Å². The fourth-order valence-corrected chi connectivity index (χ4v) is 4.35. The average molecular weight is 266 g/mol. The highest BCUT2D eigenvalue weighted by molar-refractivity contribution is 5.06. The molecule has 0 spiro atoms. The van der Waals surface area contributed by atoms with Crippen LogP contribution in [0.4, 0.5) is 0 Å². The lowest BCUT2D eigenvalue weighted by molar-refractivity contribution is -0.117. The van der Waals surface area contributed by atoms with Crippen LogP contribution in [0.25, 0.3) is 0 Å². The van der Waals surface area contributed by atoms with Crippen LogP contribution in [0.3, 0.4) is 0 Å². The first-order valence-corrected chi connectivity index (χ1v) is 8.24. The molecule has 3 fully saturated rings. The number of ether oxygens (including phenoxy) is 1. The number of rotatable bonds is 4. The van der Waals surface area contributed by atoms with Crippen LogP contribution < -0.4 is 5.32 Å². The number of piperidine rings is 1. The van der Waals surface area contributed by atoms with Crippen molar-refractivity contribution in [1.82, 2.24) is 10.2 Å². The Bertz CT molecular complexity index is 318. The Labute approximate surface area is 118 Å². The van der Waals surface area contributed by atoms with Gasteiger partial charge in [-0.2, -0.15) is 0 Å². The second-order valence-corrected chi connectivity index (χ2v) is 7.21. The Morgan fingerprint density at radius 1 is 1.21 bits per heavy atom. The van der Waals surface area contributed by atoms with Crippen LogP contribution in [-0.2, 0) is 4.74 Å². The largest absolute Gasteiger partial charge is 0.378 e. The summed E-state index contributed by atoms with van der Waals surface area (Å²) >= 11 is 0. The monoisotopic (exact) mass is 266 g/mol. The quantitative estimate of drug-likeness (QED) is 0.845. The molecule has 2 aliphatic heterocycles. The van der Waals surface area contributed by atoms with Crippen LogP contribution in [0, 0.1) is 5.41 Å². The molecule has 0 aromatic carbocycles.